The fourth-order valence-electron chi connectivity index (χ4n) is 0.515. The molecule has 0 spiro atoms. The summed E-state index contributed by atoms with van der Waals surface area (Å²) < 4.78 is 0. The molecule has 0 radical (unpaired) electrons. The lowest BCUT2D eigenvalue weighted by Crippen LogP contribution is -1.71. The van der Waals surface area contributed by atoms with E-state index in [0.29, 0.717) is 0 Å². The van der Waals surface area contributed by atoms with Gasteiger partial charge < -0.3 is 0 Å². The molecule has 0 N–H and O–H groups in total. The van der Waals surface area contributed by atoms with Crippen LogP contribution in [0.4, 0.5) is 0 Å². The first-order valence-corrected chi connectivity index (χ1v) is 2.94. The summed E-state index contributed by atoms with van der Waals surface area (Å²) in [4.78, 5) is 0. The summed E-state index contributed by atoms with van der Waals surface area (Å²) in [5, 5.41) is 8.34. The summed E-state index contributed by atoms with van der Waals surface area (Å²) >= 11 is 0. The van der Waals surface area contributed by atoms with Gasteiger partial charge in [0.1, 0.15) is 0 Å². The Morgan fingerprint density at radius 3 is 2.38 bits per heavy atom. The Hall–Kier alpha value is -0.770. The second-order valence-electron chi connectivity index (χ2n) is 1.60. The highest BCUT2D eigenvalue weighted by molar-refractivity contribution is 5.19. The SMILES string of the molecule is CC/C=C(\C#N)CC. The molecule has 0 aliphatic carbocycles. The maximum absolute atomic E-state index is 8.34. The van der Waals surface area contributed by atoms with E-state index >= 15 is 0 Å². The largest absolute Gasteiger partial charge is 0.193 e. The molecule has 1 nitrogen and oxygen atoms in total. The maximum Gasteiger partial charge on any atom is 0.0943 e. The molecule has 0 aromatic carbocycles. The first-order valence-electron chi connectivity index (χ1n) is 2.94. The van der Waals surface area contributed by atoms with Crippen LogP contribution < -0.4 is 0 Å². The summed E-state index contributed by atoms with van der Waals surface area (Å²) in [5.74, 6) is 0. The molecule has 0 aromatic rings. The van der Waals surface area contributed by atoms with Gasteiger partial charge in [-0.1, -0.05) is 19.9 Å². The Morgan fingerprint density at radius 2 is 2.25 bits per heavy atom. The molecule has 0 aliphatic rings. The molecule has 0 heterocycles. The number of allylic oxidation sites excluding steroid dienone is 2. The van der Waals surface area contributed by atoms with Crippen LogP contribution in [-0.4, -0.2) is 0 Å². The standard InChI is InChI=1S/C7H11N/c1-3-5-7(4-2)6-8/h5H,3-4H2,1-2H3/b7-5-. The summed E-state index contributed by atoms with van der Waals surface area (Å²) in [7, 11) is 0. The molecular formula is C7H11N. The van der Waals surface area contributed by atoms with Crippen LogP contribution in [0.25, 0.3) is 0 Å². The van der Waals surface area contributed by atoms with Gasteiger partial charge in [-0.25, -0.2) is 0 Å². The van der Waals surface area contributed by atoms with Gasteiger partial charge in [-0.05, 0) is 12.8 Å². The van der Waals surface area contributed by atoms with Crippen LogP contribution in [0.1, 0.15) is 26.7 Å². The van der Waals surface area contributed by atoms with Gasteiger partial charge in [0.25, 0.3) is 0 Å². The fraction of sp³-hybridized carbons (Fsp3) is 0.571. The van der Waals surface area contributed by atoms with Crippen LogP contribution in [-0.2, 0) is 0 Å². The van der Waals surface area contributed by atoms with Crippen molar-refractivity contribution >= 4 is 0 Å². The Bertz CT molecular complexity index is 117. The van der Waals surface area contributed by atoms with Crippen molar-refractivity contribution in [3.05, 3.63) is 11.6 Å². The molecular weight excluding hydrogens is 98.1 g/mol. The van der Waals surface area contributed by atoms with Gasteiger partial charge in [0.05, 0.1) is 6.07 Å². The highest BCUT2D eigenvalue weighted by Crippen LogP contribution is 1.98. The first-order chi connectivity index (χ1) is 3.85. The summed E-state index contributed by atoms with van der Waals surface area (Å²) in [6.07, 6.45) is 3.79. The number of nitriles is 1. The van der Waals surface area contributed by atoms with E-state index in [1.165, 1.54) is 0 Å². The predicted octanol–water partition coefficient (Wildman–Crippen LogP) is 2.26. The van der Waals surface area contributed by atoms with E-state index in [4.69, 9.17) is 5.26 Å². The van der Waals surface area contributed by atoms with Gasteiger partial charge in [0.15, 0.2) is 0 Å². The molecule has 0 saturated carbocycles. The minimum absolute atomic E-state index is 0.865. The molecule has 0 bridgehead atoms. The van der Waals surface area contributed by atoms with Gasteiger partial charge >= 0.3 is 0 Å². The van der Waals surface area contributed by atoms with Crippen molar-refractivity contribution in [1.82, 2.24) is 0 Å². The van der Waals surface area contributed by atoms with Gasteiger partial charge in [-0.3, -0.25) is 0 Å². The molecule has 0 aliphatic heterocycles. The molecule has 1 heteroatoms. The van der Waals surface area contributed by atoms with E-state index in [-0.39, 0.29) is 0 Å². The second kappa shape index (κ2) is 4.39. The van der Waals surface area contributed by atoms with Crippen molar-refractivity contribution in [3.8, 4) is 6.07 Å². The van der Waals surface area contributed by atoms with E-state index in [1.54, 1.807) is 0 Å². The molecule has 0 atom stereocenters. The number of nitrogens with zero attached hydrogens (tertiary/aromatic N) is 1. The summed E-state index contributed by atoms with van der Waals surface area (Å²) in [5.41, 5.74) is 0.896. The third-order valence-electron chi connectivity index (χ3n) is 0.975. The normalized spacial score (nSPS) is 10.9. The van der Waals surface area contributed by atoms with Crippen LogP contribution in [0, 0.1) is 11.3 Å². The van der Waals surface area contributed by atoms with E-state index in [0.717, 1.165) is 18.4 Å². The molecule has 44 valence electrons. The second-order valence-corrected chi connectivity index (χ2v) is 1.60. The Labute approximate surface area is 50.6 Å². The zero-order valence-electron chi connectivity index (χ0n) is 5.44. The highest BCUT2D eigenvalue weighted by Gasteiger charge is 1.84. The fourth-order valence-corrected chi connectivity index (χ4v) is 0.515. The Balaban J connectivity index is 3.72. The number of rotatable bonds is 2. The van der Waals surface area contributed by atoms with Crippen LogP contribution >= 0.6 is 0 Å². The molecule has 0 saturated heterocycles. The monoisotopic (exact) mass is 109 g/mol. The zero-order valence-corrected chi connectivity index (χ0v) is 5.44. The van der Waals surface area contributed by atoms with Gasteiger partial charge in [-0.2, -0.15) is 5.26 Å². The number of hydrogen-bond acceptors (Lipinski definition) is 1. The van der Waals surface area contributed by atoms with E-state index in [9.17, 15) is 0 Å². The molecule has 0 rings (SSSR count). The lowest BCUT2D eigenvalue weighted by Gasteiger charge is -1.85. The average molecular weight is 109 g/mol. The van der Waals surface area contributed by atoms with Crippen LogP contribution in [0.5, 0.6) is 0 Å². The average Bonchev–Trinajstić information content (AvgIpc) is 1.83. The minimum Gasteiger partial charge on any atom is -0.193 e. The summed E-state index contributed by atoms with van der Waals surface area (Å²) in [6.45, 7) is 4.03. The van der Waals surface area contributed by atoms with Crippen molar-refractivity contribution in [3.63, 3.8) is 0 Å². The lowest BCUT2D eigenvalue weighted by molar-refractivity contribution is 1.10. The number of hydrogen-bond donors (Lipinski definition) is 0. The molecule has 0 aromatic heterocycles. The van der Waals surface area contributed by atoms with E-state index in [2.05, 4.69) is 6.07 Å². The van der Waals surface area contributed by atoms with Crippen molar-refractivity contribution < 1.29 is 0 Å². The molecule has 0 unspecified atom stereocenters. The minimum atomic E-state index is 0.865. The quantitative estimate of drug-likeness (QED) is 0.499. The van der Waals surface area contributed by atoms with Gasteiger partial charge in [0, 0.05) is 5.57 Å². The van der Waals surface area contributed by atoms with E-state index in [1.807, 2.05) is 19.9 Å². The molecule has 0 fully saturated rings. The third-order valence-corrected chi connectivity index (χ3v) is 0.975. The third kappa shape index (κ3) is 2.41. The predicted molar refractivity (Wildman–Crippen MR) is 34.3 cm³/mol. The van der Waals surface area contributed by atoms with Crippen molar-refractivity contribution in [2.45, 2.75) is 26.7 Å². The van der Waals surface area contributed by atoms with Crippen molar-refractivity contribution in [2.75, 3.05) is 0 Å². The highest BCUT2D eigenvalue weighted by atomic mass is 14.2. The molecule has 0 amide bonds. The topological polar surface area (TPSA) is 23.8 Å². The van der Waals surface area contributed by atoms with Crippen molar-refractivity contribution in [2.24, 2.45) is 0 Å². The maximum atomic E-state index is 8.34. The zero-order chi connectivity index (χ0) is 6.41. The lowest BCUT2D eigenvalue weighted by atomic mass is 10.2. The first kappa shape index (κ1) is 7.23. The summed E-state index contributed by atoms with van der Waals surface area (Å²) in [6, 6.07) is 2.11. The smallest absolute Gasteiger partial charge is 0.0943 e. The van der Waals surface area contributed by atoms with Crippen LogP contribution in [0.15, 0.2) is 11.6 Å². The Kier molecular flexibility index (Phi) is 3.97. The van der Waals surface area contributed by atoms with Gasteiger partial charge in [0.2, 0.25) is 0 Å². The van der Waals surface area contributed by atoms with Crippen LogP contribution in [0.2, 0.25) is 0 Å². The van der Waals surface area contributed by atoms with Gasteiger partial charge in [-0.15, -0.1) is 0 Å². The molecule has 8 heavy (non-hydrogen) atoms. The van der Waals surface area contributed by atoms with Crippen LogP contribution in [0.3, 0.4) is 0 Å². The van der Waals surface area contributed by atoms with Crippen molar-refractivity contribution in [1.29, 1.82) is 5.26 Å². The Morgan fingerprint density at radius 1 is 1.62 bits per heavy atom. The van der Waals surface area contributed by atoms with E-state index < -0.39 is 0 Å².